The van der Waals surface area contributed by atoms with Crippen LogP contribution >= 0.6 is 0 Å². The Morgan fingerprint density at radius 2 is 1.89 bits per heavy atom. The lowest BCUT2D eigenvalue weighted by atomic mass is 10.1. The molecule has 1 heterocycles. The van der Waals surface area contributed by atoms with Gasteiger partial charge in [0.05, 0.1) is 19.1 Å². The molecule has 5 heteroatoms. The van der Waals surface area contributed by atoms with Gasteiger partial charge < -0.3 is 9.64 Å². The number of rotatable bonds is 6. The van der Waals surface area contributed by atoms with Crippen LogP contribution in [0.4, 0.5) is 0 Å². The average molecular weight is 270 g/mol. The van der Waals surface area contributed by atoms with E-state index in [9.17, 15) is 9.59 Å². The number of piperidine rings is 1. The van der Waals surface area contributed by atoms with Gasteiger partial charge in [-0.3, -0.25) is 14.5 Å². The summed E-state index contributed by atoms with van der Waals surface area (Å²) in [6.45, 7) is 6.40. The molecule has 0 aromatic heterocycles. The summed E-state index contributed by atoms with van der Waals surface area (Å²) in [4.78, 5) is 27.4. The normalized spacial score (nSPS) is 17.4. The lowest BCUT2D eigenvalue weighted by Crippen LogP contribution is -2.47. The molecule has 19 heavy (non-hydrogen) atoms. The quantitative estimate of drug-likeness (QED) is 0.682. The number of likely N-dealkylation sites (tertiary alicyclic amines) is 1. The number of hydrogen-bond acceptors (Lipinski definition) is 4. The van der Waals surface area contributed by atoms with Crippen LogP contribution in [0, 0.1) is 0 Å². The van der Waals surface area contributed by atoms with Crippen molar-refractivity contribution in [3.05, 3.63) is 0 Å². The fourth-order valence-corrected chi connectivity index (χ4v) is 2.26. The van der Waals surface area contributed by atoms with Crippen LogP contribution < -0.4 is 0 Å². The minimum Gasteiger partial charge on any atom is -0.466 e. The van der Waals surface area contributed by atoms with Crippen molar-refractivity contribution in [3.8, 4) is 0 Å². The van der Waals surface area contributed by atoms with Gasteiger partial charge in [-0.1, -0.05) is 0 Å². The van der Waals surface area contributed by atoms with Gasteiger partial charge in [-0.25, -0.2) is 0 Å². The van der Waals surface area contributed by atoms with Gasteiger partial charge in [-0.05, 0) is 40.2 Å². The second-order valence-corrected chi connectivity index (χ2v) is 5.10. The molecule has 1 aliphatic rings. The standard InChI is InChI=1S/C14H26N2O3/c1-4-19-13(17)8-11-15(3)12(2)14(18)16-9-6-5-7-10-16/h12H,4-11H2,1-3H3. The van der Waals surface area contributed by atoms with E-state index in [-0.39, 0.29) is 17.9 Å². The second kappa shape index (κ2) is 8.15. The largest absolute Gasteiger partial charge is 0.466 e. The van der Waals surface area contributed by atoms with E-state index in [1.807, 2.05) is 23.8 Å². The van der Waals surface area contributed by atoms with E-state index in [4.69, 9.17) is 4.74 Å². The molecule has 1 saturated heterocycles. The smallest absolute Gasteiger partial charge is 0.307 e. The Morgan fingerprint density at radius 3 is 2.47 bits per heavy atom. The monoisotopic (exact) mass is 270 g/mol. The number of amides is 1. The Kier molecular flexibility index (Phi) is 6.84. The molecule has 0 saturated carbocycles. The van der Waals surface area contributed by atoms with Crippen molar-refractivity contribution in [3.63, 3.8) is 0 Å². The molecule has 1 unspecified atom stereocenters. The topological polar surface area (TPSA) is 49.9 Å². The van der Waals surface area contributed by atoms with Crippen LogP contribution in [0.15, 0.2) is 0 Å². The number of ether oxygens (including phenoxy) is 1. The first-order valence-corrected chi connectivity index (χ1v) is 7.21. The fraction of sp³-hybridized carbons (Fsp3) is 0.857. The molecule has 0 aromatic rings. The van der Waals surface area contributed by atoms with Gasteiger partial charge in [0.1, 0.15) is 0 Å². The van der Waals surface area contributed by atoms with Crippen molar-refractivity contribution in [2.75, 3.05) is 33.3 Å². The Hall–Kier alpha value is -1.10. The van der Waals surface area contributed by atoms with Crippen molar-refractivity contribution in [1.29, 1.82) is 0 Å². The maximum atomic E-state index is 12.3. The molecule has 0 radical (unpaired) electrons. The van der Waals surface area contributed by atoms with Gasteiger partial charge >= 0.3 is 5.97 Å². The number of carbonyl (C=O) groups excluding carboxylic acids is 2. The minimum absolute atomic E-state index is 0.172. The molecule has 110 valence electrons. The van der Waals surface area contributed by atoms with E-state index in [1.165, 1.54) is 6.42 Å². The van der Waals surface area contributed by atoms with Gasteiger partial charge in [-0.2, -0.15) is 0 Å². The summed E-state index contributed by atoms with van der Waals surface area (Å²) in [7, 11) is 1.88. The van der Waals surface area contributed by atoms with Crippen molar-refractivity contribution in [1.82, 2.24) is 9.80 Å². The van der Waals surface area contributed by atoms with E-state index in [2.05, 4.69) is 0 Å². The fourth-order valence-electron chi connectivity index (χ4n) is 2.26. The molecule has 1 rings (SSSR count). The highest BCUT2D eigenvalue weighted by Crippen LogP contribution is 2.12. The number of esters is 1. The summed E-state index contributed by atoms with van der Waals surface area (Å²) in [6.07, 6.45) is 3.76. The summed E-state index contributed by atoms with van der Waals surface area (Å²) in [5.41, 5.74) is 0. The van der Waals surface area contributed by atoms with Gasteiger partial charge in [0.2, 0.25) is 5.91 Å². The zero-order valence-corrected chi connectivity index (χ0v) is 12.4. The SMILES string of the molecule is CCOC(=O)CCN(C)C(C)C(=O)N1CCCCC1. The molecule has 0 N–H and O–H groups in total. The Bertz CT molecular complexity index is 301. The van der Waals surface area contributed by atoms with Crippen LogP contribution in [0.25, 0.3) is 0 Å². The molecular weight excluding hydrogens is 244 g/mol. The molecule has 1 amide bonds. The maximum absolute atomic E-state index is 12.3. The third-order valence-corrected chi connectivity index (χ3v) is 3.66. The average Bonchev–Trinajstić information content (AvgIpc) is 2.44. The number of hydrogen-bond donors (Lipinski definition) is 0. The van der Waals surface area contributed by atoms with E-state index in [0.29, 0.717) is 19.6 Å². The summed E-state index contributed by atoms with van der Waals surface area (Å²) < 4.78 is 4.89. The summed E-state index contributed by atoms with van der Waals surface area (Å²) >= 11 is 0. The van der Waals surface area contributed by atoms with Crippen LogP contribution in [0.1, 0.15) is 39.5 Å². The molecular formula is C14H26N2O3. The van der Waals surface area contributed by atoms with Crippen LogP contribution in [0.3, 0.4) is 0 Å². The zero-order valence-electron chi connectivity index (χ0n) is 12.4. The minimum atomic E-state index is -0.202. The summed E-state index contributed by atoms with van der Waals surface area (Å²) in [6, 6.07) is -0.174. The molecule has 0 spiro atoms. The Balaban J connectivity index is 2.35. The number of carbonyl (C=O) groups is 2. The summed E-state index contributed by atoms with van der Waals surface area (Å²) in [5.74, 6) is -0.0296. The van der Waals surface area contributed by atoms with Crippen LogP contribution in [0.2, 0.25) is 0 Å². The summed E-state index contributed by atoms with van der Waals surface area (Å²) in [5, 5.41) is 0. The Labute approximate surface area is 115 Å². The first-order chi connectivity index (χ1) is 9.06. The van der Waals surface area contributed by atoms with Crippen molar-refractivity contribution < 1.29 is 14.3 Å². The highest BCUT2D eigenvalue weighted by molar-refractivity contribution is 5.81. The van der Waals surface area contributed by atoms with Crippen LogP contribution in [0.5, 0.6) is 0 Å². The predicted octanol–water partition coefficient (Wildman–Crippen LogP) is 1.27. The molecule has 0 aliphatic carbocycles. The van der Waals surface area contributed by atoms with Crippen molar-refractivity contribution in [2.24, 2.45) is 0 Å². The molecule has 0 aromatic carbocycles. The van der Waals surface area contributed by atoms with E-state index in [1.54, 1.807) is 6.92 Å². The third-order valence-electron chi connectivity index (χ3n) is 3.66. The molecule has 1 fully saturated rings. The van der Waals surface area contributed by atoms with Crippen LogP contribution in [-0.2, 0) is 14.3 Å². The molecule has 1 atom stereocenters. The highest BCUT2D eigenvalue weighted by Gasteiger charge is 2.25. The predicted molar refractivity (Wildman–Crippen MR) is 73.8 cm³/mol. The molecule has 1 aliphatic heterocycles. The third kappa shape index (κ3) is 5.19. The van der Waals surface area contributed by atoms with Gasteiger partial charge in [0.15, 0.2) is 0 Å². The molecule has 0 bridgehead atoms. The highest BCUT2D eigenvalue weighted by atomic mass is 16.5. The van der Waals surface area contributed by atoms with Gasteiger partial charge in [0.25, 0.3) is 0 Å². The number of nitrogens with zero attached hydrogens (tertiary/aromatic N) is 2. The van der Waals surface area contributed by atoms with E-state index < -0.39 is 0 Å². The number of likely N-dealkylation sites (N-methyl/N-ethyl adjacent to an activating group) is 1. The second-order valence-electron chi connectivity index (χ2n) is 5.10. The zero-order chi connectivity index (χ0) is 14.3. The Morgan fingerprint density at radius 1 is 1.26 bits per heavy atom. The lowest BCUT2D eigenvalue weighted by molar-refractivity contribution is -0.144. The van der Waals surface area contributed by atoms with Gasteiger partial charge in [0, 0.05) is 19.6 Å². The maximum Gasteiger partial charge on any atom is 0.307 e. The van der Waals surface area contributed by atoms with Crippen molar-refractivity contribution in [2.45, 2.75) is 45.6 Å². The van der Waals surface area contributed by atoms with E-state index >= 15 is 0 Å². The first kappa shape index (κ1) is 16.0. The van der Waals surface area contributed by atoms with Crippen molar-refractivity contribution >= 4 is 11.9 Å². The van der Waals surface area contributed by atoms with Crippen LogP contribution in [-0.4, -0.2) is 61.0 Å². The van der Waals surface area contributed by atoms with Gasteiger partial charge in [-0.15, -0.1) is 0 Å². The molecule has 5 nitrogen and oxygen atoms in total. The first-order valence-electron chi connectivity index (χ1n) is 7.21. The van der Waals surface area contributed by atoms with E-state index in [0.717, 1.165) is 25.9 Å². The lowest BCUT2D eigenvalue weighted by Gasteiger charge is -2.32.